The Bertz CT molecular complexity index is 328. The molecule has 0 radical (unpaired) electrons. The summed E-state index contributed by atoms with van der Waals surface area (Å²) in [5.74, 6) is -1.30. The van der Waals surface area contributed by atoms with Gasteiger partial charge < -0.3 is 4.74 Å². The third-order valence-corrected chi connectivity index (χ3v) is 1.52. The minimum atomic E-state index is -3.03. The van der Waals surface area contributed by atoms with Gasteiger partial charge in [-0.2, -0.15) is 0 Å². The first-order valence-corrected chi connectivity index (χ1v) is 4.07. The Morgan fingerprint density at radius 2 is 2.36 bits per heavy atom. The van der Waals surface area contributed by atoms with Crippen molar-refractivity contribution in [2.24, 2.45) is 0 Å². The Balaban J connectivity index is 3.00. The Labute approximate surface area is 79.7 Å². The number of alkyl halides is 2. The lowest BCUT2D eigenvalue weighted by Gasteiger charge is -2.06. The van der Waals surface area contributed by atoms with Crippen LogP contribution >= 0.6 is 0 Å². The SMILES string of the molecule is CCOc1ncccc1C(=O)C(F)F. The number of ether oxygens (including phenoxy) is 1. The van der Waals surface area contributed by atoms with Gasteiger partial charge in [-0.1, -0.05) is 0 Å². The molecule has 0 spiro atoms. The van der Waals surface area contributed by atoms with Crippen LogP contribution in [0.5, 0.6) is 5.88 Å². The molecule has 0 atom stereocenters. The van der Waals surface area contributed by atoms with Crippen LogP contribution in [0.2, 0.25) is 0 Å². The Morgan fingerprint density at radius 3 is 2.93 bits per heavy atom. The summed E-state index contributed by atoms with van der Waals surface area (Å²) in [6.45, 7) is 1.96. The van der Waals surface area contributed by atoms with Gasteiger partial charge in [0.05, 0.1) is 12.2 Å². The molecule has 0 aromatic carbocycles. The Kier molecular flexibility index (Phi) is 3.50. The standard InChI is InChI=1S/C9H9F2NO2/c1-2-14-9-6(4-3-5-12-9)7(13)8(10)11/h3-5,8H,2H2,1H3. The number of carbonyl (C=O) groups excluding carboxylic acids is 1. The molecule has 0 aliphatic rings. The summed E-state index contributed by atoms with van der Waals surface area (Å²) in [5, 5.41) is 0. The van der Waals surface area contributed by atoms with Gasteiger partial charge in [-0.05, 0) is 19.1 Å². The first-order valence-electron chi connectivity index (χ1n) is 4.07. The summed E-state index contributed by atoms with van der Waals surface area (Å²) in [7, 11) is 0. The number of hydrogen-bond donors (Lipinski definition) is 0. The van der Waals surface area contributed by atoms with Gasteiger partial charge >= 0.3 is 6.43 Å². The molecule has 0 N–H and O–H groups in total. The summed E-state index contributed by atoms with van der Waals surface area (Å²) in [6, 6.07) is 2.69. The second-order valence-corrected chi connectivity index (χ2v) is 2.45. The van der Waals surface area contributed by atoms with Gasteiger partial charge in [0, 0.05) is 6.20 Å². The van der Waals surface area contributed by atoms with Crippen LogP contribution in [0.3, 0.4) is 0 Å². The predicted molar refractivity (Wildman–Crippen MR) is 45.7 cm³/mol. The average molecular weight is 201 g/mol. The zero-order chi connectivity index (χ0) is 10.6. The fourth-order valence-corrected chi connectivity index (χ4v) is 0.948. The minimum Gasteiger partial charge on any atom is -0.477 e. The first kappa shape index (κ1) is 10.6. The van der Waals surface area contributed by atoms with Gasteiger partial charge in [0.15, 0.2) is 0 Å². The highest BCUT2D eigenvalue weighted by Gasteiger charge is 2.22. The number of halogens is 2. The summed E-state index contributed by atoms with van der Waals surface area (Å²) in [6.07, 6.45) is -1.65. The zero-order valence-corrected chi connectivity index (χ0v) is 7.54. The quantitative estimate of drug-likeness (QED) is 0.698. The number of nitrogens with zero attached hydrogens (tertiary/aromatic N) is 1. The molecule has 0 saturated carbocycles. The molecule has 5 heteroatoms. The highest BCUT2D eigenvalue weighted by Crippen LogP contribution is 2.17. The van der Waals surface area contributed by atoms with Gasteiger partial charge in [0.25, 0.3) is 0 Å². The molecule has 0 amide bonds. The van der Waals surface area contributed by atoms with Crippen LogP contribution in [0.25, 0.3) is 0 Å². The fraction of sp³-hybridized carbons (Fsp3) is 0.333. The van der Waals surface area contributed by atoms with Crippen molar-refractivity contribution in [1.82, 2.24) is 4.98 Å². The van der Waals surface area contributed by atoms with Crippen LogP contribution in [0.1, 0.15) is 17.3 Å². The van der Waals surface area contributed by atoms with Crippen molar-refractivity contribution in [3.8, 4) is 5.88 Å². The number of hydrogen-bond acceptors (Lipinski definition) is 3. The van der Waals surface area contributed by atoms with E-state index in [-0.39, 0.29) is 18.1 Å². The van der Waals surface area contributed by atoms with Gasteiger partial charge in [0.2, 0.25) is 11.7 Å². The summed E-state index contributed by atoms with van der Waals surface area (Å²) in [4.78, 5) is 14.7. The zero-order valence-electron chi connectivity index (χ0n) is 7.54. The van der Waals surface area contributed by atoms with E-state index in [9.17, 15) is 13.6 Å². The number of aromatic nitrogens is 1. The van der Waals surface area contributed by atoms with E-state index in [1.54, 1.807) is 6.92 Å². The molecule has 3 nitrogen and oxygen atoms in total. The molecule has 0 aliphatic carbocycles. The van der Waals surface area contributed by atoms with Gasteiger partial charge in [0.1, 0.15) is 0 Å². The van der Waals surface area contributed by atoms with Crippen LogP contribution in [0, 0.1) is 0 Å². The van der Waals surface area contributed by atoms with E-state index in [1.807, 2.05) is 0 Å². The van der Waals surface area contributed by atoms with E-state index in [2.05, 4.69) is 4.98 Å². The molecule has 76 valence electrons. The lowest BCUT2D eigenvalue weighted by molar-refractivity contribution is 0.0674. The van der Waals surface area contributed by atoms with Crippen molar-refractivity contribution in [1.29, 1.82) is 0 Å². The molecule has 1 aromatic heterocycles. The van der Waals surface area contributed by atoms with Crippen LogP contribution in [0.15, 0.2) is 18.3 Å². The molecular formula is C9H9F2NO2. The summed E-state index contributed by atoms with van der Waals surface area (Å²) < 4.78 is 29.1. The molecule has 1 aromatic rings. The maximum absolute atomic E-state index is 12.1. The largest absolute Gasteiger partial charge is 0.477 e. The van der Waals surface area contributed by atoms with Crippen molar-refractivity contribution in [3.63, 3.8) is 0 Å². The molecule has 1 heterocycles. The summed E-state index contributed by atoms with van der Waals surface area (Å²) >= 11 is 0. The number of pyridine rings is 1. The molecule has 0 fully saturated rings. The van der Waals surface area contributed by atoms with E-state index in [0.717, 1.165) is 0 Å². The molecule has 1 rings (SSSR count). The van der Waals surface area contributed by atoms with Gasteiger partial charge in [-0.15, -0.1) is 0 Å². The highest BCUT2D eigenvalue weighted by molar-refractivity contribution is 6.00. The van der Waals surface area contributed by atoms with E-state index in [0.29, 0.717) is 0 Å². The van der Waals surface area contributed by atoms with Gasteiger partial charge in [-0.3, -0.25) is 4.79 Å². The van der Waals surface area contributed by atoms with E-state index < -0.39 is 12.2 Å². The van der Waals surface area contributed by atoms with Crippen molar-refractivity contribution in [2.75, 3.05) is 6.61 Å². The normalized spacial score (nSPS) is 10.3. The Morgan fingerprint density at radius 1 is 1.64 bits per heavy atom. The monoisotopic (exact) mass is 201 g/mol. The molecule has 0 saturated heterocycles. The second kappa shape index (κ2) is 4.64. The van der Waals surface area contributed by atoms with E-state index in [1.165, 1.54) is 18.3 Å². The molecule has 0 bridgehead atoms. The van der Waals surface area contributed by atoms with E-state index >= 15 is 0 Å². The number of Topliss-reactive ketones (excluding diaryl/α,β-unsaturated/α-hetero) is 1. The van der Waals surface area contributed by atoms with Crippen LogP contribution in [0.4, 0.5) is 8.78 Å². The van der Waals surface area contributed by atoms with Crippen molar-refractivity contribution in [3.05, 3.63) is 23.9 Å². The smallest absolute Gasteiger partial charge is 0.300 e. The molecule has 0 aliphatic heterocycles. The number of ketones is 1. The highest BCUT2D eigenvalue weighted by atomic mass is 19.3. The molecule has 14 heavy (non-hydrogen) atoms. The molecule has 0 unspecified atom stereocenters. The van der Waals surface area contributed by atoms with Crippen molar-refractivity contribution >= 4 is 5.78 Å². The number of rotatable bonds is 4. The third kappa shape index (κ3) is 2.25. The minimum absolute atomic E-state index is 0.0414. The van der Waals surface area contributed by atoms with Crippen LogP contribution < -0.4 is 4.74 Å². The van der Waals surface area contributed by atoms with Gasteiger partial charge in [-0.25, -0.2) is 13.8 Å². The Hall–Kier alpha value is -1.52. The number of carbonyl (C=O) groups is 1. The maximum Gasteiger partial charge on any atom is 0.300 e. The second-order valence-electron chi connectivity index (χ2n) is 2.45. The lowest BCUT2D eigenvalue weighted by Crippen LogP contribution is -2.12. The fourth-order valence-electron chi connectivity index (χ4n) is 0.948. The van der Waals surface area contributed by atoms with Crippen molar-refractivity contribution in [2.45, 2.75) is 13.3 Å². The van der Waals surface area contributed by atoms with E-state index in [4.69, 9.17) is 4.74 Å². The summed E-state index contributed by atoms with van der Waals surface area (Å²) in [5.41, 5.74) is -0.177. The maximum atomic E-state index is 12.1. The average Bonchev–Trinajstić information content (AvgIpc) is 2.18. The topological polar surface area (TPSA) is 39.2 Å². The lowest BCUT2D eigenvalue weighted by atomic mass is 10.2. The first-order chi connectivity index (χ1) is 6.66. The molecular weight excluding hydrogens is 192 g/mol. The predicted octanol–water partition coefficient (Wildman–Crippen LogP) is 1.93. The van der Waals surface area contributed by atoms with Crippen molar-refractivity contribution < 1.29 is 18.3 Å². The van der Waals surface area contributed by atoms with Crippen LogP contribution in [-0.4, -0.2) is 23.8 Å². The van der Waals surface area contributed by atoms with Crippen LogP contribution in [-0.2, 0) is 0 Å². The third-order valence-electron chi connectivity index (χ3n) is 1.52.